The molecule has 36 heavy (non-hydrogen) atoms. The van der Waals surface area contributed by atoms with E-state index in [1.807, 2.05) is 19.1 Å². The minimum absolute atomic E-state index is 0.0557. The zero-order chi connectivity index (χ0) is 26.0. The molecule has 9 heteroatoms. The number of rotatable bonds is 7. The standard InChI is InChI=1S/C27H27N3O5S/c1-17-5-12-23(18(2)13-17)36(33,34)24-15-30(27-22(26(24)32)11-6-19(3)29-27)16-25(31)28-14-20-7-9-21(35-4)10-8-20/h5-13,15H,14,16H2,1-4H3,(H,28,31). The van der Waals surface area contributed by atoms with Crippen molar-refractivity contribution >= 4 is 26.8 Å². The van der Waals surface area contributed by atoms with Gasteiger partial charge in [-0.1, -0.05) is 29.8 Å². The van der Waals surface area contributed by atoms with Gasteiger partial charge in [0.05, 0.1) is 17.4 Å². The summed E-state index contributed by atoms with van der Waals surface area (Å²) in [5, 5.41) is 2.96. The van der Waals surface area contributed by atoms with Crippen molar-refractivity contribution in [2.45, 2.75) is 43.7 Å². The topological polar surface area (TPSA) is 107 Å². The van der Waals surface area contributed by atoms with Crippen molar-refractivity contribution in [3.05, 3.63) is 93.4 Å². The molecule has 0 bridgehead atoms. The molecule has 0 unspecified atom stereocenters. The molecular formula is C27H27N3O5S. The summed E-state index contributed by atoms with van der Waals surface area (Å²) in [6.07, 6.45) is 1.22. The summed E-state index contributed by atoms with van der Waals surface area (Å²) < 4.78 is 33.7. The average molecular weight is 506 g/mol. The Balaban J connectivity index is 1.73. The molecule has 1 amide bonds. The highest BCUT2D eigenvalue weighted by Crippen LogP contribution is 2.24. The highest BCUT2D eigenvalue weighted by atomic mass is 32.2. The van der Waals surface area contributed by atoms with Gasteiger partial charge < -0.3 is 14.6 Å². The lowest BCUT2D eigenvalue weighted by atomic mass is 10.2. The van der Waals surface area contributed by atoms with Gasteiger partial charge in [0, 0.05) is 18.4 Å². The maximum atomic E-state index is 13.6. The molecule has 0 aliphatic carbocycles. The van der Waals surface area contributed by atoms with Crippen molar-refractivity contribution < 1.29 is 17.9 Å². The monoisotopic (exact) mass is 505 g/mol. The van der Waals surface area contributed by atoms with E-state index in [2.05, 4.69) is 10.3 Å². The lowest BCUT2D eigenvalue weighted by Crippen LogP contribution is -2.29. The van der Waals surface area contributed by atoms with E-state index in [9.17, 15) is 18.0 Å². The number of nitrogens with one attached hydrogen (secondary N) is 1. The Morgan fingerprint density at radius 1 is 1.00 bits per heavy atom. The van der Waals surface area contributed by atoms with Crippen LogP contribution in [0.5, 0.6) is 5.75 Å². The van der Waals surface area contributed by atoms with Crippen LogP contribution in [0.15, 0.2) is 75.4 Å². The first-order valence-electron chi connectivity index (χ1n) is 11.3. The number of fused-ring (bicyclic) bond motifs is 1. The summed E-state index contributed by atoms with van der Waals surface area (Å²) in [7, 11) is -2.56. The second-order valence-electron chi connectivity index (χ2n) is 8.67. The van der Waals surface area contributed by atoms with Gasteiger partial charge in [-0.15, -0.1) is 0 Å². The number of carbonyl (C=O) groups is 1. The maximum absolute atomic E-state index is 13.6. The number of pyridine rings is 2. The molecule has 2 aromatic carbocycles. The van der Waals surface area contributed by atoms with E-state index >= 15 is 0 Å². The fraction of sp³-hybridized carbons (Fsp3) is 0.222. The van der Waals surface area contributed by atoms with Crippen molar-refractivity contribution in [2.75, 3.05) is 7.11 Å². The van der Waals surface area contributed by atoms with Gasteiger partial charge in [0.25, 0.3) is 0 Å². The largest absolute Gasteiger partial charge is 0.497 e. The maximum Gasteiger partial charge on any atom is 0.240 e. The van der Waals surface area contributed by atoms with Gasteiger partial charge >= 0.3 is 0 Å². The number of benzene rings is 2. The lowest BCUT2D eigenvalue weighted by molar-refractivity contribution is -0.121. The molecule has 4 aromatic rings. The predicted octanol–water partition coefficient (Wildman–Crippen LogP) is 3.48. The van der Waals surface area contributed by atoms with Gasteiger partial charge in [-0.3, -0.25) is 9.59 Å². The summed E-state index contributed by atoms with van der Waals surface area (Å²) in [5.74, 6) is 0.359. The van der Waals surface area contributed by atoms with Crippen LogP contribution in [0.25, 0.3) is 11.0 Å². The normalized spacial score (nSPS) is 11.4. The molecule has 8 nitrogen and oxygen atoms in total. The Labute approximate surface area is 209 Å². The third-order valence-corrected chi connectivity index (χ3v) is 7.81. The van der Waals surface area contributed by atoms with E-state index in [1.165, 1.54) is 16.8 Å². The van der Waals surface area contributed by atoms with E-state index in [0.29, 0.717) is 17.0 Å². The van der Waals surface area contributed by atoms with Gasteiger partial charge in [0.1, 0.15) is 22.8 Å². The number of sulfone groups is 1. The van der Waals surface area contributed by atoms with Crippen LogP contribution in [-0.4, -0.2) is 31.0 Å². The zero-order valence-electron chi connectivity index (χ0n) is 20.5. The summed E-state index contributed by atoms with van der Waals surface area (Å²) in [6.45, 7) is 5.39. The van der Waals surface area contributed by atoms with Gasteiger partial charge in [-0.25, -0.2) is 13.4 Å². The van der Waals surface area contributed by atoms with Gasteiger partial charge in [-0.2, -0.15) is 0 Å². The fourth-order valence-electron chi connectivity index (χ4n) is 4.02. The SMILES string of the molecule is COc1ccc(CNC(=O)Cn2cc(S(=O)(=O)c3ccc(C)cc3C)c(=O)c3ccc(C)nc32)cc1. The van der Waals surface area contributed by atoms with Crippen LogP contribution >= 0.6 is 0 Å². The van der Waals surface area contributed by atoms with Crippen molar-refractivity contribution in [3.8, 4) is 5.75 Å². The van der Waals surface area contributed by atoms with Crippen molar-refractivity contribution in [3.63, 3.8) is 0 Å². The number of carbonyl (C=O) groups excluding carboxylic acids is 1. The Bertz CT molecular complexity index is 1620. The number of hydrogen-bond acceptors (Lipinski definition) is 6. The summed E-state index contributed by atoms with van der Waals surface area (Å²) in [6, 6.07) is 15.4. The minimum atomic E-state index is -4.14. The first-order chi connectivity index (χ1) is 17.1. The molecule has 0 saturated heterocycles. The van der Waals surface area contributed by atoms with Crippen LogP contribution in [0.2, 0.25) is 0 Å². The Morgan fingerprint density at radius 3 is 2.39 bits per heavy atom. The first kappa shape index (κ1) is 25.1. The number of hydrogen-bond donors (Lipinski definition) is 1. The molecule has 0 radical (unpaired) electrons. The molecular weight excluding hydrogens is 478 g/mol. The van der Waals surface area contributed by atoms with Gasteiger partial charge in [0.2, 0.25) is 21.2 Å². The van der Waals surface area contributed by atoms with Gasteiger partial charge in [0.15, 0.2) is 0 Å². The first-order valence-corrected chi connectivity index (χ1v) is 12.8. The van der Waals surface area contributed by atoms with Crippen LogP contribution in [0.3, 0.4) is 0 Å². The second kappa shape index (κ2) is 9.94. The van der Waals surface area contributed by atoms with Crippen LogP contribution in [0, 0.1) is 20.8 Å². The minimum Gasteiger partial charge on any atom is -0.497 e. The van der Waals surface area contributed by atoms with Crippen molar-refractivity contribution in [1.82, 2.24) is 14.9 Å². The highest BCUT2D eigenvalue weighted by molar-refractivity contribution is 7.91. The highest BCUT2D eigenvalue weighted by Gasteiger charge is 2.26. The van der Waals surface area contributed by atoms with E-state index in [4.69, 9.17) is 4.74 Å². The Morgan fingerprint density at radius 2 is 1.72 bits per heavy atom. The molecule has 0 spiro atoms. The molecule has 2 heterocycles. The van der Waals surface area contributed by atoms with E-state index in [1.54, 1.807) is 57.4 Å². The molecule has 0 atom stereocenters. The smallest absolute Gasteiger partial charge is 0.240 e. The molecule has 0 aliphatic heterocycles. The second-order valence-corrected chi connectivity index (χ2v) is 10.6. The molecule has 186 valence electrons. The van der Waals surface area contributed by atoms with E-state index < -0.39 is 20.2 Å². The van der Waals surface area contributed by atoms with Crippen LogP contribution < -0.4 is 15.5 Å². The molecule has 2 aromatic heterocycles. The number of amides is 1. The van der Waals surface area contributed by atoms with Gasteiger partial charge in [-0.05, 0) is 62.2 Å². The third kappa shape index (κ3) is 5.01. The number of nitrogens with zero attached hydrogens (tertiary/aromatic N) is 2. The molecule has 1 N–H and O–H groups in total. The summed E-state index contributed by atoms with van der Waals surface area (Å²) in [4.78, 5) is 30.2. The summed E-state index contributed by atoms with van der Waals surface area (Å²) >= 11 is 0. The number of aryl methyl sites for hydroxylation is 3. The number of aromatic nitrogens is 2. The molecule has 0 saturated carbocycles. The molecule has 0 aliphatic rings. The third-order valence-electron chi connectivity index (χ3n) is 5.90. The summed E-state index contributed by atoms with van der Waals surface area (Å²) in [5.41, 5.74) is 2.57. The average Bonchev–Trinajstić information content (AvgIpc) is 2.84. The van der Waals surface area contributed by atoms with E-state index in [-0.39, 0.29) is 34.9 Å². The number of ether oxygens (including phenoxy) is 1. The predicted molar refractivity (Wildman–Crippen MR) is 137 cm³/mol. The van der Waals surface area contributed by atoms with Crippen LogP contribution in [-0.2, 0) is 27.7 Å². The number of methoxy groups -OCH3 is 1. The fourth-order valence-corrected chi connectivity index (χ4v) is 5.61. The Hall–Kier alpha value is -3.98. The van der Waals surface area contributed by atoms with Crippen LogP contribution in [0.1, 0.15) is 22.4 Å². The quantitative estimate of drug-likeness (QED) is 0.412. The Kier molecular flexibility index (Phi) is 6.94. The lowest BCUT2D eigenvalue weighted by Gasteiger charge is -2.15. The van der Waals surface area contributed by atoms with E-state index in [0.717, 1.165) is 11.1 Å². The van der Waals surface area contributed by atoms with Crippen molar-refractivity contribution in [1.29, 1.82) is 0 Å². The van der Waals surface area contributed by atoms with Crippen LogP contribution in [0.4, 0.5) is 0 Å². The zero-order valence-corrected chi connectivity index (χ0v) is 21.3. The molecule has 4 rings (SSSR count). The van der Waals surface area contributed by atoms with Crippen molar-refractivity contribution in [2.24, 2.45) is 0 Å². The molecule has 0 fully saturated rings.